The summed E-state index contributed by atoms with van der Waals surface area (Å²) in [6.07, 6.45) is -1.04. The van der Waals surface area contributed by atoms with Crippen molar-refractivity contribution in [1.29, 1.82) is 0 Å². The molecular weight excluding hydrogens is 220 g/mol. The number of hydrogen-bond acceptors (Lipinski definition) is 1. The number of alkyl halides is 2. The van der Waals surface area contributed by atoms with Crippen LogP contribution in [-0.4, -0.2) is 4.98 Å². The van der Waals surface area contributed by atoms with Crippen LogP contribution >= 0.6 is 0 Å². The summed E-state index contributed by atoms with van der Waals surface area (Å²) in [5, 5.41) is 0. The smallest absolute Gasteiger partial charge is 0.255 e. The van der Waals surface area contributed by atoms with Gasteiger partial charge >= 0.3 is 0 Å². The molecule has 1 aromatic rings. The van der Waals surface area contributed by atoms with Crippen molar-refractivity contribution in [2.24, 2.45) is 0 Å². The molecule has 0 atom stereocenters. The normalized spacial score (nSPS) is 13.2. The van der Waals surface area contributed by atoms with Crippen LogP contribution in [0.3, 0.4) is 0 Å². The van der Waals surface area contributed by atoms with Crippen LogP contribution in [0.4, 0.5) is 8.78 Å². The predicted molar refractivity (Wildman–Crippen MR) is 66.6 cm³/mol. The van der Waals surface area contributed by atoms with Gasteiger partial charge in [-0.05, 0) is 28.0 Å². The summed E-state index contributed by atoms with van der Waals surface area (Å²) in [5.74, 6) is 0. The van der Waals surface area contributed by atoms with Gasteiger partial charge in [-0.25, -0.2) is 8.78 Å². The van der Waals surface area contributed by atoms with Gasteiger partial charge in [-0.1, -0.05) is 41.5 Å². The van der Waals surface area contributed by atoms with Crippen LogP contribution in [0.5, 0.6) is 0 Å². The molecule has 1 nitrogen and oxygen atoms in total. The van der Waals surface area contributed by atoms with Gasteiger partial charge < -0.3 is 0 Å². The summed E-state index contributed by atoms with van der Waals surface area (Å²) in [6.45, 7) is 12.0. The first-order valence-corrected chi connectivity index (χ1v) is 5.83. The van der Waals surface area contributed by atoms with Gasteiger partial charge in [-0.3, -0.25) is 4.98 Å². The van der Waals surface area contributed by atoms with Crippen LogP contribution in [0.15, 0.2) is 12.3 Å². The van der Waals surface area contributed by atoms with Crippen molar-refractivity contribution in [3.63, 3.8) is 0 Å². The number of pyridine rings is 1. The van der Waals surface area contributed by atoms with E-state index < -0.39 is 6.43 Å². The summed E-state index contributed by atoms with van der Waals surface area (Å²) in [7, 11) is 0. The topological polar surface area (TPSA) is 12.9 Å². The second-order valence-electron chi connectivity index (χ2n) is 6.42. The number of halogens is 2. The Morgan fingerprint density at radius 1 is 1.00 bits per heavy atom. The van der Waals surface area contributed by atoms with Gasteiger partial charge in [0.15, 0.2) is 0 Å². The van der Waals surface area contributed by atoms with E-state index in [1.165, 1.54) is 6.20 Å². The number of aromatic nitrogens is 1. The molecule has 0 amide bonds. The Balaban J connectivity index is 3.58. The zero-order valence-corrected chi connectivity index (χ0v) is 11.4. The lowest BCUT2D eigenvalue weighted by Gasteiger charge is -2.31. The van der Waals surface area contributed by atoms with E-state index >= 15 is 0 Å². The molecular formula is C14H21F2N. The maximum atomic E-state index is 13.1. The zero-order valence-electron chi connectivity index (χ0n) is 11.4. The first kappa shape index (κ1) is 14.1. The van der Waals surface area contributed by atoms with Crippen LogP contribution in [-0.2, 0) is 10.8 Å². The van der Waals surface area contributed by atoms with Crippen molar-refractivity contribution in [3.8, 4) is 0 Å². The van der Waals surface area contributed by atoms with E-state index in [4.69, 9.17) is 0 Å². The quantitative estimate of drug-likeness (QED) is 0.699. The molecule has 17 heavy (non-hydrogen) atoms. The van der Waals surface area contributed by atoms with Crippen molar-refractivity contribution >= 4 is 0 Å². The maximum absolute atomic E-state index is 13.1. The summed E-state index contributed by atoms with van der Waals surface area (Å²) >= 11 is 0. The molecule has 0 aliphatic carbocycles. The Morgan fingerprint density at radius 3 is 1.88 bits per heavy atom. The average Bonchev–Trinajstić information content (AvgIpc) is 2.13. The van der Waals surface area contributed by atoms with Gasteiger partial charge in [-0.2, -0.15) is 0 Å². The molecule has 0 aromatic carbocycles. The molecule has 0 unspecified atom stereocenters. The highest BCUT2D eigenvalue weighted by Crippen LogP contribution is 2.38. The van der Waals surface area contributed by atoms with Gasteiger partial charge in [-0.15, -0.1) is 0 Å². The third-order valence-corrected chi connectivity index (χ3v) is 2.75. The van der Waals surface area contributed by atoms with Crippen LogP contribution in [0, 0.1) is 0 Å². The summed E-state index contributed by atoms with van der Waals surface area (Å²) < 4.78 is 26.1. The van der Waals surface area contributed by atoms with Gasteiger partial charge in [0, 0.05) is 6.20 Å². The second kappa shape index (κ2) is 4.35. The third kappa shape index (κ3) is 3.02. The molecule has 0 saturated heterocycles. The standard InChI is InChI=1S/C14H21F2N/c1-13(2,3)9-7-8-17-11(12(15)16)10(9)14(4,5)6/h7-8,12H,1-6H3. The lowest BCUT2D eigenvalue weighted by Crippen LogP contribution is -2.24. The lowest BCUT2D eigenvalue weighted by atomic mass is 9.75. The number of hydrogen-bond donors (Lipinski definition) is 0. The highest BCUT2D eigenvalue weighted by Gasteiger charge is 2.30. The summed E-state index contributed by atoms with van der Waals surface area (Å²) in [6, 6.07) is 1.85. The van der Waals surface area contributed by atoms with Crippen molar-refractivity contribution in [2.75, 3.05) is 0 Å². The Hall–Kier alpha value is -0.990. The minimum Gasteiger partial charge on any atom is -0.255 e. The second-order valence-corrected chi connectivity index (χ2v) is 6.42. The molecule has 1 heterocycles. The summed E-state index contributed by atoms with van der Waals surface area (Å²) in [4.78, 5) is 3.87. The largest absolute Gasteiger partial charge is 0.280 e. The van der Waals surface area contributed by atoms with Crippen LogP contribution in [0.2, 0.25) is 0 Å². The first-order chi connectivity index (χ1) is 7.55. The Labute approximate surface area is 102 Å². The van der Waals surface area contributed by atoms with Gasteiger partial charge in [0.1, 0.15) is 5.69 Å². The van der Waals surface area contributed by atoms with E-state index in [9.17, 15) is 8.78 Å². The highest BCUT2D eigenvalue weighted by molar-refractivity contribution is 5.40. The van der Waals surface area contributed by atoms with Crippen LogP contribution in [0.1, 0.15) is 64.8 Å². The van der Waals surface area contributed by atoms with Crippen molar-refractivity contribution in [2.45, 2.75) is 58.8 Å². The van der Waals surface area contributed by atoms with Crippen molar-refractivity contribution < 1.29 is 8.78 Å². The third-order valence-electron chi connectivity index (χ3n) is 2.75. The monoisotopic (exact) mass is 241 g/mol. The molecule has 0 saturated carbocycles. The van der Waals surface area contributed by atoms with E-state index in [0.29, 0.717) is 5.56 Å². The molecule has 0 radical (unpaired) electrons. The minimum absolute atomic E-state index is 0.0788. The Bertz CT molecular complexity index is 398. The molecule has 1 aromatic heterocycles. The van der Waals surface area contributed by atoms with E-state index in [-0.39, 0.29) is 16.5 Å². The average molecular weight is 241 g/mol. The van der Waals surface area contributed by atoms with Gasteiger partial charge in [0.25, 0.3) is 6.43 Å². The van der Waals surface area contributed by atoms with Crippen LogP contribution in [0.25, 0.3) is 0 Å². The number of nitrogens with zero attached hydrogens (tertiary/aromatic N) is 1. The fourth-order valence-electron chi connectivity index (χ4n) is 2.06. The van der Waals surface area contributed by atoms with Crippen molar-refractivity contribution in [3.05, 3.63) is 29.1 Å². The Kier molecular flexibility index (Phi) is 3.60. The molecule has 0 fully saturated rings. The van der Waals surface area contributed by atoms with E-state index in [0.717, 1.165) is 5.56 Å². The van der Waals surface area contributed by atoms with E-state index in [2.05, 4.69) is 4.98 Å². The molecule has 0 spiro atoms. The molecule has 0 aliphatic rings. The minimum atomic E-state index is -2.52. The molecule has 3 heteroatoms. The SMILES string of the molecule is CC(C)(C)c1ccnc(C(F)F)c1C(C)(C)C. The Morgan fingerprint density at radius 2 is 1.53 bits per heavy atom. The maximum Gasteiger partial charge on any atom is 0.280 e. The molecule has 96 valence electrons. The lowest BCUT2D eigenvalue weighted by molar-refractivity contribution is 0.143. The molecule has 0 bridgehead atoms. The van der Waals surface area contributed by atoms with Crippen molar-refractivity contribution in [1.82, 2.24) is 4.98 Å². The molecule has 0 aliphatic heterocycles. The number of rotatable bonds is 1. The summed E-state index contributed by atoms with van der Waals surface area (Å²) in [5.41, 5.74) is 1.07. The highest BCUT2D eigenvalue weighted by atomic mass is 19.3. The predicted octanol–water partition coefficient (Wildman–Crippen LogP) is 4.61. The fourth-order valence-corrected chi connectivity index (χ4v) is 2.06. The molecule has 0 N–H and O–H groups in total. The zero-order chi connectivity index (χ0) is 13.4. The fraction of sp³-hybridized carbons (Fsp3) is 0.643. The first-order valence-electron chi connectivity index (χ1n) is 5.83. The molecule has 1 rings (SSSR count). The van der Waals surface area contributed by atoms with E-state index in [1.807, 2.05) is 47.6 Å². The van der Waals surface area contributed by atoms with Crippen LogP contribution < -0.4 is 0 Å². The van der Waals surface area contributed by atoms with Gasteiger partial charge in [0.05, 0.1) is 0 Å². The van der Waals surface area contributed by atoms with E-state index in [1.54, 1.807) is 0 Å². The van der Waals surface area contributed by atoms with Gasteiger partial charge in [0.2, 0.25) is 0 Å².